The normalized spacial score (nSPS) is 12.7. The molecule has 292 valence electrons. The second-order valence-electron chi connectivity index (χ2n) is 13.9. The largest absolute Gasteiger partial charge is 0.480 e. The van der Waals surface area contributed by atoms with Gasteiger partial charge in [-0.25, -0.2) is 0 Å². The smallest absolute Gasteiger partial charge is 0.322 e. The van der Waals surface area contributed by atoms with Crippen LogP contribution < -0.4 is 5.32 Å². The van der Waals surface area contributed by atoms with Gasteiger partial charge in [-0.15, -0.1) is 0 Å². The fourth-order valence-electron chi connectivity index (χ4n) is 5.89. The number of aliphatic carboxylic acids is 1. The van der Waals surface area contributed by atoms with Crippen LogP contribution in [0.2, 0.25) is 0 Å². The van der Waals surface area contributed by atoms with Gasteiger partial charge in [0.1, 0.15) is 12.6 Å². The zero-order valence-corrected chi connectivity index (χ0v) is 32.9. The first kappa shape index (κ1) is 48.1. The summed E-state index contributed by atoms with van der Waals surface area (Å²) >= 11 is 0. The van der Waals surface area contributed by atoms with Crippen molar-refractivity contribution < 1.29 is 24.2 Å². The van der Waals surface area contributed by atoms with Gasteiger partial charge < -0.3 is 15.2 Å². The van der Waals surface area contributed by atoms with Gasteiger partial charge in [-0.1, -0.05) is 158 Å². The Kier molecular flexibility index (Phi) is 37.6. The number of rotatable bonds is 37. The molecule has 0 aromatic heterocycles. The lowest BCUT2D eigenvalue weighted by atomic mass is 10.0. The van der Waals surface area contributed by atoms with E-state index < -0.39 is 5.97 Å². The maximum Gasteiger partial charge on any atom is 0.322 e. The zero-order valence-electron chi connectivity index (χ0n) is 32.9. The van der Waals surface area contributed by atoms with Crippen molar-refractivity contribution >= 4 is 17.8 Å². The Labute approximate surface area is 313 Å². The highest BCUT2D eigenvalue weighted by molar-refractivity contribution is 5.80. The molecule has 1 amide bonds. The fourth-order valence-corrected chi connectivity index (χ4v) is 5.89. The molecule has 6 heteroatoms. The molecule has 0 spiro atoms. The Hall–Kier alpha value is -2.89. The summed E-state index contributed by atoms with van der Waals surface area (Å²) in [6.07, 6.45) is 52.1. The van der Waals surface area contributed by atoms with Crippen LogP contribution in [0.5, 0.6) is 0 Å². The number of ether oxygens (including phenoxy) is 1. The molecule has 2 N–H and O–H groups in total. The molecule has 1 atom stereocenters. The molecule has 6 nitrogen and oxygen atoms in total. The minimum Gasteiger partial charge on any atom is -0.480 e. The number of nitrogens with one attached hydrogen (secondary N) is 1. The summed E-state index contributed by atoms with van der Waals surface area (Å²) in [4.78, 5) is 34.9. The van der Waals surface area contributed by atoms with Crippen LogP contribution in [0.25, 0.3) is 0 Å². The number of hydrogen-bond donors (Lipinski definition) is 2. The van der Waals surface area contributed by atoms with Crippen molar-refractivity contribution in [3.8, 4) is 0 Å². The summed E-state index contributed by atoms with van der Waals surface area (Å²) in [7, 11) is 0. The number of hydrogen-bond acceptors (Lipinski definition) is 4. The first-order valence-corrected chi connectivity index (χ1v) is 20.9. The van der Waals surface area contributed by atoms with E-state index in [0.717, 1.165) is 103 Å². The summed E-state index contributed by atoms with van der Waals surface area (Å²) < 4.78 is 5.98. The topological polar surface area (TPSA) is 92.7 Å². The lowest BCUT2D eigenvalue weighted by molar-refractivity contribution is -0.150. The van der Waals surface area contributed by atoms with Gasteiger partial charge in [0, 0.05) is 12.8 Å². The Morgan fingerprint density at radius 3 is 1.47 bits per heavy atom. The third kappa shape index (κ3) is 39.7. The van der Waals surface area contributed by atoms with E-state index in [1.165, 1.54) is 64.2 Å². The molecule has 0 aromatic rings. The van der Waals surface area contributed by atoms with Crippen molar-refractivity contribution in [3.63, 3.8) is 0 Å². The SMILES string of the molecule is CC/C=C\C/C=C\C/C=C\C/C=C\C/C=C\CCCCCCCCCC(=O)OC(CCCCCCCC)CCCCCCCC(=O)NCC(=O)O. The molecule has 0 aliphatic rings. The van der Waals surface area contributed by atoms with Gasteiger partial charge >= 0.3 is 11.9 Å². The van der Waals surface area contributed by atoms with E-state index in [1.54, 1.807) is 0 Å². The van der Waals surface area contributed by atoms with Crippen LogP contribution in [0.15, 0.2) is 60.8 Å². The Balaban J connectivity index is 3.95. The first-order chi connectivity index (χ1) is 25.0. The molecule has 0 radical (unpaired) electrons. The molecule has 0 fully saturated rings. The van der Waals surface area contributed by atoms with Crippen LogP contribution >= 0.6 is 0 Å². The highest BCUT2D eigenvalue weighted by Gasteiger charge is 2.14. The first-order valence-electron chi connectivity index (χ1n) is 20.9. The third-order valence-electron chi connectivity index (χ3n) is 8.95. The molecule has 0 aromatic carbocycles. The molecular formula is C45H77NO5. The number of amides is 1. The van der Waals surface area contributed by atoms with E-state index in [-0.39, 0.29) is 24.5 Å². The van der Waals surface area contributed by atoms with Gasteiger partial charge in [-0.05, 0) is 83.5 Å². The molecule has 0 saturated carbocycles. The van der Waals surface area contributed by atoms with Gasteiger partial charge in [0.15, 0.2) is 0 Å². The Bertz CT molecular complexity index is 964. The van der Waals surface area contributed by atoms with E-state index in [2.05, 4.69) is 79.9 Å². The molecule has 0 saturated heterocycles. The van der Waals surface area contributed by atoms with Crippen LogP contribution in [0, 0.1) is 0 Å². The minimum absolute atomic E-state index is 0.0217. The zero-order chi connectivity index (χ0) is 37.3. The minimum atomic E-state index is -1.02. The molecular weight excluding hydrogens is 634 g/mol. The van der Waals surface area contributed by atoms with Crippen molar-refractivity contribution in [2.45, 2.75) is 200 Å². The number of carbonyl (C=O) groups is 3. The Morgan fingerprint density at radius 1 is 0.529 bits per heavy atom. The quantitative estimate of drug-likeness (QED) is 0.0380. The molecule has 0 bridgehead atoms. The average molecular weight is 712 g/mol. The Morgan fingerprint density at radius 2 is 0.961 bits per heavy atom. The van der Waals surface area contributed by atoms with E-state index >= 15 is 0 Å². The molecule has 0 rings (SSSR count). The highest BCUT2D eigenvalue weighted by Crippen LogP contribution is 2.18. The second kappa shape index (κ2) is 39.9. The van der Waals surface area contributed by atoms with Crippen molar-refractivity contribution in [1.29, 1.82) is 0 Å². The average Bonchev–Trinajstić information content (AvgIpc) is 3.11. The third-order valence-corrected chi connectivity index (χ3v) is 8.95. The van der Waals surface area contributed by atoms with Crippen LogP contribution in [0.3, 0.4) is 0 Å². The number of esters is 1. The number of carboxylic acids is 1. The number of allylic oxidation sites excluding steroid dienone is 10. The number of carbonyl (C=O) groups excluding carboxylic acids is 2. The summed E-state index contributed by atoms with van der Waals surface area (Å²) in [5.74, 6) is -1.25. The van der Waals surface area contributed by atoms with Crippen molar-refractivity contribution in [2.24, 2.45) is 0 Å². The molecule has 0 aliphatic carbocycles. The van der Waals surface area contributed by atoms with E-state index in [1.807, 2.05) is 0 Å². The summed E-state index contributed by atoms with van der Waals surface area (Å²) in [6, 6.07) is 0. The van der Waals surface area contributed by atoms with Gasteiger partial charge in [0.25, 0.3) is 0 Å². The van der Waals surface area contributed by atoms with Gasteiger partial charge in [0.2, 0.25) is 5.91 Å². The molecule has 1 unspecified atom stereocenters. The predicted octanol–water partition coefficient (Wildman–Crippen LogP) is 12.8. The highest BCUT2D eigenvalue weighted by atomic mass is 16.5. The lowest BCUT2D eigenvalue weighted by Crippen LogP contribution is -2.28. The van der Waals surface area contributed by atoms with Crippen LogP contribution in [-0.4, -0.2) is 35.6 Å². The molecule has 0 aliphatic heterocycles. The maximum atomic E-state index is 12.7. The number of carboxylic acid groups (broad SMARTS) is 1. The van der Waals surface area contributed by atoms with E-state index in [0.29, 0.717) is 12.8 Å². The van der Waals surface area contributed by atoms with Crippen molar-refractivity contribution in [1.82, 2.24) is 5.32 Å². The summed E-state index contributed by atoms with van der Waals surface area (Å²) in [5, 5.41) is 11.1. The maximum absolute atomic E-state index is 12.7. The van der Waals surface area contributed by atoms with Gasteiger partial charge in [0.05, 0.1) is 0 Å². The van der Waals surface area contributed by atoms with Crippen molar-refractivity contribution in [2.75, 3.05) is 6.54 Å². The van der Waals surface area contributed by atoms with E-state index in [4.69, 9.17) is 9.84 Å². The monoisotopic (exact) mass is 712 g/mol. The van der Waals surface area contributed by atoms with Crippen molar-refractivity contribution in [3.05, 3.63) is 60.8 Å². The number of unbranched alkanes of at least 4 members (excludes halogenated alkanes) is 16. The van der Waals surface area contributed by atoms with E-state index in [9.17, 15) is 14.4 Å². The fraction of sp³-hybridized carbons (Fsp3) is 0.711. The van der Waals surface area contributed by atoms with Crippen LogP contribution in [-0.2, 0) is 19.1 Å². The standard InChI is InChI=1S/C45H77NO5/c1-3-5-7-9-11-12-13-14-15-16-17-18-19-20-21-22-23-24-25-26-27-32-36-40-45(50)51-42(37-33-29-10-8-6-4-2)38-34-30-28-31-35-39-43(47)46-41-44(48)49/h5,7,11-12,14-15,17-18,20-21,42H,3-4,6,8-10,13,16,19,22-41H2,1-2H3,(H,46,47)(H,48,49)/b7-5-,12-11-,15-14-,18-17-,21-20-. The van der Waals surface area contributed by atoms with Gasteiger partial charge in [-0.3, -0.25) is 14.4 Å². The lowest BCUT2D eigenvalue weighted by Gasteiger charge is -2.18. The van der Waals surface area contributed by atoms with Crippen LogP contribution in [0.1, 0.15) is 194 Å². The molecule has 0 heterocycles. The summed E-state index contributed by atoms with van der Waals surface area (Å²) in [5.41, 5.74) is 0. The second-order valence-corrected chi connectivity index (χ2v) is 13.9. The van der Waals surface area contributed by atoms with Crippen LogP contribution in [0.4, 0.5) is 0 Å². The van der Waals surface area contributed by atoms with Gasteiger partial charge in [-0.2, -0.15) is 0 Å². The predicted molar refractivity (Wildman–Crippen MR) is 217 cm³/mol. The molecule has 51 heavy (non-hydrogen) atoms. The summed E-state index contributed by atoms with van der Waals surface area (Å²) in [6.45, 7) is 4.08.